The molecule has 14 heavy (non-hydrogen) atoms. The number of rotatable bonds is 6. The largest absolute Gasteiger partial charge is 0.477 e. The van der Waals surface area contributed by atoms with Crippen molar-refractivity contribution in [3.8, 4) is 5.88 Å². The molecule has 0 aliphatic heterocycles. The van der Waals surface area contributed by atoms with Crippen LogP contribution in [0.15, 0.2) is 12.1 Å². The van der Waals surface area contributed by atoms with E-state index in [-0.39, 0.29) is 0 Å². The SMILES string of the molecule is CCCCCCOc1ccc(N)nn1. The Hall–Kier alpha value is -1.32. The minimum absolute atomic E-state index is 0.420. The van der Waals surface area contributed by atoms with E-state index in [0.717, 1.165) is 6.42 Å². The number of hydrogen-bond donors (Lipinski definition) is 1. The van der Waals surface area contributed by atoms with Crippen LogP contribution in [0.4, 0.5) is 5.82 Å². The molecule has 1 heterocycles. The molecule has 4 heteroatoms. The Morgan fingerprint density at radius 3 is 2.71 bits per heavy atom. The molecule has 2 N–H and O–H groups in total. The second kappa shape index (κ2) is 6.18. The number of nitrogens with two attached hydrogens (primary N) is 1. The molecule has 0 aromatic carbocycles. The van der Waals surface area contributed by atoms with Gasteiger partial charge in [0.1, 0.15) is 5.82 Å². The lowest BCUT2D eigenvalue weighted by atomic mass is 10.2. The maximum absolute atomic E-state index is 5.39. The summed E-state index contributed by atoms with van der Waals surface area (Å²) in [7, 11) is 0. The van der Waals surface area contributed by atoms with Gasteiger partial charge in [0.2, 0.25) is 5.88 Å². The Bertz CT molecular complexity index is 248. The topological polar surface area (TPSA) is 61.0 Å². The van der Waals surface area contributed by atoms with Gasteiger partial charge in [-0.15, -0.1) is 10.2 Å². The molecular weight excluding hydrogens is 178 g/mol. The van der Waals surface area contributed by atoms with Gasteiger partial charge in [-0.25, -0.2) is 0 Å². The van der Waals surface area contributed by atoms with Crippen molar-refractivity contribution in [3.63, 3.8) is 0 Å². The van der Waals surface area contributed by atoms with Gasteiger partial charge in [0.15, 0.2) is 0 Å². The van der Waals surface area contributed by atoms with Gasteiger partial charge < -0.3 is 10.5 Å². The quantitative estimate of drug-likeness (QED) is 0.705. The molecule has 1 aromatic rings. The average molecular weight is 195 g/mol. The number of nitrogen functional groups attached to an aromatic ring is 1. The Kier molecular flexibility index (Phi) is 4.75. The van der Waals surface area contributed by atoms with Gasteiger partial charge in [-0.3, -0.25) is 0 Å². The number of ether oxygens (including phenoxy) is 1. The van der Waals surface area contributed by atoms with Crippen LogP contribution in [-0.4, -0.2) is 16.8 Å². The zero-order valence-electron chi connectivity index (χ0n) is 8.57. The number of nitrogens with zero attached hydrogens (tertiary/aromatic N) is 2. The van der Waals surface area contributed by atoms with E-state index in [1.54, 1.807) is 12.1 Å². The minimum atomic E-state index is 0.420. The summed E-state index contributed by atoms with van der Waals surface area (Å²) in [4.78, 5) is 0. The van der Waals surface area contributed by atoms with Crippen molar-refractivity contribution in [2.75, 3.05) is 12.3 Å². The molecule has 78 valence electrons. The standard InChI is InChI=1S/C10H17N3O/c1-2-3-4-5-8-14-10-7-6-9(11)12-13-10/h6-7H,2-5,8H2,1H3,(H2,11,12). The summed E-state index contributed by atoms with van der Waals surface area (Å²) < 4.78 is 5.38. The van der Waals surface area contributed by atoms with Crippen molar-refractivity contribution in [3.05, 3.63) is 12.1 Å². The van der Waals surface area contributed by atoms with Crippen LogP contribution in [0, 0.1) is 0 Å². The Labute approximate surface area is 84.5 Å². The summed E-state index contributed by atoms with van der Waals surface area (Å²) in [5.74, 6) is 0.971. The minimum Gasteiger partial charge on any atom is -0.477 e. The Balaban J connectivity index is 2.15. The summed E-state index contributed by atoms with van der Waals surface area (Å²) >= 11 is 0. The first kappa shape index (κ1) is 10.8. The van der Waals surface area contributed by atoms with Gasteiger partial charge in [0, 0.05) is 6.07 Å². The first-order valence-corrected chi connectivity index (χ1v) is 5.05. The molecule has 0 atom stereocenters. The van der Waals surface area contributed by atoms with Gasteiger partial charge in [-0.05, 0) is 12.5 Å². The summed E-state index contributed by atoms with van der Waals surface area (Å²) in [6, 6.07) is 3.43. The Morgan fingerprint density at radius 2 is 2.07 bits per heavy atom. The van der Waals surface area contributed by atoms with Gasteiger partial charge in [-0.1, -0.05) is 26.2 Å². The zero-order valence-corrected chi connectivity index (χ0v) is 8.57. The highest BCUT2D eigenvalue weighted by atomic mass is 16.5. The van der Waals surface area contributed by atoms with Crippen molar-refractivity contribution < 1.29 is 4.74 Å². The van der Waals surface area contributed by atoms with Crippen LogP contribution in [-0.2, 0) is 0 Å². The Morgan fingerprint density at radius 1 is 1.21 bits per heavy atom. The number of hydrogen-bond acceptors (Lipinski definition) is 4. The maximum Gasteiger partial charge on any atom is 0.233 e. The van der Waals surface area contributed by atoms with Crippen LogP contribution in [0.2, 0.25) is 0 Å². The van der Waals surface area contributed by atoms with E-state index in [1.807, 2.05) is 0 Å². The summed E-state index contributed by atoms with van der Waals surface area (Å²) in [5.41, 5.74) is 5.39. The van der Waals surface area contributed by atoms with E-state index in [9.17, 15) is 0 Å². The summed E-state index contributed by atoms with van der Waals surface area (Å²) in [6.07, 6.45) is 4.78. The van der Waals surface area contributed by atoms with Crippen molar-refractivity contribution in [1.29, 1.82) is 0 Å². The average Bonchev–Trinajstić information content (AvgIpc) is 2.21. The summed E-state index contributed by atoms with van der Waals surface area (Å²) in [5, 5.41) is 7.50. The molecule has 0 fully saturated rings. The second-order valence-corrected chi connectivity index (χ2v) is 3.21. The lowest BCUT2D eigenvalue weighted by Gasteiger charge is -2.03. The van der Waals surface area contributed by atoms with Crippen molar-refractivity contribution in [1.82, 2.24) is 10.2 Å². The van der Waals surface area contributed by atoms with E-state index < -0.39 is 0 Å². The molecule has 0 saturated carbocycles. The first-order valence-electron chi connectivity index (χ1n) is 5.05. The fraction of sp³-hybridized carbons (Fsp3) is 0.600. The lowest BCUT2D eigenvalue weighted by molar-refractivity contribution is 0.290. The third-order valence-corrected chi connectivity index (χ3v) is 1.91. The highest BCUT2D eigenvalue weighted by molar-refractivity contribution is 5.27. The van der Waals surface area contributed by atoms with Gasteiger partial charge >= 0.3 is 0 Å². The third kappa shape index (κ3) is 4.07. The third-order valence-electron chi connectivity index (χ3n) is 1.91. The molecule has 0 spiro atoms. The second-order valence-electron chi connectivity index (χ2n) is 3.21. The van der Waals surface area contributed by atoms with Crippen LogP contribution >= 0.6 is 0 Å². The summed E-state index contributed by atoms with van der Waals surface area (Å²) in [6.45, 7) is 2.89. The number of unbranched alkanes of at least 4 members (excludes halogenated alkanes) is 3. The van der Waals surface area contributed by atoms with E-state index in [1.165, 1.54) is 19.3 Å². The predicted octanol–water partition coefficient (Wildman–Crippen LogP) is 2.02. The highest BCUT2D eigenvalue weighted by Crippen LogP contribution is 2.07. The van der Waals surface area contributed by atoms with E-state index >= 15 is 0 Å². The fourth-order valence-electron chi connectivity index (χ4n) is 1.11. The molecular formula is C10H17N3O. The first-order chi connectivity index (χ1) is 6.83. The normalized spacial score (nSPS) is 10.1. The van der Waals surface area contributed by atoms with Gasteiger partial charge in [0.05, 0.1) is 6.61 Å². The van der Waals surface area contributed by atoms with Crippen molar-refractivity contribution >= 4 is 5.82 Å². The van der Waals surface area contributed by atoms with E-state index in [2.05, 4.69) is 17.1 Å². The zero-order chi connectivity index (χ0) is 10.2. The van der Waals surface area contributed by atoms with E-state index in [4.69, 9.17) is 10.5 Å². The maximum atomic E-state index is 5.39. The molecule has 0 radical (unpaired) electrons. The molecule has 0 saturated heterocycles. The molecule has 0 unspecified atom stereocenters. The molecule has 0 bridgehead atoms. The van der Waals surface area contributed by atoms with Crippen LogP contribution in [0.1, 0.15) is 32.6 Å². The predicted molar refractivity (Wildman–Crippen MR) is 56.1 cm³/mol. The van der Waals surface area contributed by atoms with Crippen molar-refractivity contribution in [2.24, 2.45) is 0 Å². The molecule has 1 rings (SSSR count). The molecule has 0 aliphatic rings. The van der Waals surface area contributed by atoms with Gasteiger partial charge in [0.25, 0.3) is 0 Å². The molecule has 0 aliphatic carbocycles. The van der Waals surface area contributed by atoms with Crippen LogP contribution in [0.5, 0.6) is 5.88 Å². The van der Waals surface area contributed by atoms with Crippen molar-refractivity contribution in [2.45, 2.75) is 32.6 Å². The smallest absolute Gasteiger partial charge is 0.233 e. The van der Waals surface area contributed by atoms with Crippen LogP contribution < -0.4 is 10.5 Å². The van der Waals surface area contributed by atoms with Crippen LogP contribution in [0.3, 0.4) is 0 Å². The van der Waals surface area contributed by atoms with Gasteiger partial charge in [-0.2, -0.15) is 0 Å². The lowest BCUT2D eigenvalue weighted by Crippen LogP contribution is -2.01. The molecule has 0 amide bonds. The van der Waals surface area contributed by atoms with Crippen LogP contribution in [0.25, 0.3) is 0 Å². The monoisotopic (exact) mass is 195 g/mol. The fourth-order valence-corrected chi connectivity index (χ4v) is 1.11. The van der Waals surface area contributed by atoms with E-state index in [0.29, 0.717) is 18.3 Å². The molecule has 1 aromatic heterocycles. The molecule has 4 nitrogen and oxygen atoms in total. The highest BCUT2D eigenvalue weighted by Gasteiger charge is 1.95. The number of anilines is 1. The number of aromatic nitrogens is 2.